The SMILES string of the molecule is OCC(CS)C1CCNC1. The summed E-state index contributed by atoms with van der Waals surface area (Å²) in [5.74, 6) is 1.86. The number of rotatable bonds is 3. The fourth-order valence-corrected chi connectivity index (χ4v) is 1.85. The maximum atomic E-state index is 8.91. The number of aliphatic hydroxyl groups excluding tert-OH is 1. The minimum Gasteiger partial charge on any atom is -0.396 e. The second kappa shape index (κ2) is 4.21. The molecule has 0 amide bonds. The Hall–Kier alpha value is 0.270. The van der Waals surface area contributed by atoms with Crippen LogP contribution < -0.4 is 5.32 Å². The number of hydrogen-bond acceptors (Lipinski definition) is 3. The Morgan fingerprint density at radius 3 is 2.90 bits per heavy atom. The summed E-state index contributed by atoms with van der Waals surface area (Å²) in [6.07, 6.45) is 1.20. The molecule has 0 saturated carbocycles. The number of nitrogens with one attached hydrogen (secondary N) is 1. The van der Waals surface area contributed by atoms with E-state index in [2.05, 4.69) is 17.9 Å². The average Bonchev–Trinajstić information content (AvgIpc) is 2.43. The van der Waals surface area contributed by atoms with E-state index in [-0.39, 0.29) is 6.61 Å². The van der Waals surface area contributed by atoms with Crippen molar-refractivity contribution in [3.63, 3.8) is 0 Å². The fraction of sp³-hybridized carbons (Fsp3) is 1.00. The van der Waals surface area contributed by atoms with Gasteiger partial charge in [-0.2, -0.15) is 12.6 Å². The van der Waals surface area contributed by atoms with Crippen molar-refractivity contribution in [1.29, 1.82) is 0 Å². The lowest BCUT2D eigenvalue weighted by Crippen LogP contribution is -2.22. The lowest BCUT2D eigenvalue weighted by molar-refractivity contribution is 0.199. The summed E-state index contributed by atoms with van der Waals surface area (Å²) >= 11 is 4.18. The van der Waals surface area contributed by atoms with E-state index in [9.17, 15) is 0 Å². The zero-order valence-corrected chi connectivity index (χ0v) is 6.98. The van der Waals surface area contributed by atoms with Gasteiger partial charge in [-0.25, -0.2) is 0 Å². The van der Waals surface area contributed by atoms with Crippen molar-refractivity contribution in [3.05, 3.63) is 0 Å². The van der Waals surface area contributed by atoms with Gasteiger partial charge in [-0.3, -0.25) is 0 Å². The minimum absolute atomic E-state index is 0.288. The molecule has 0 aliphatic carbocycles. The van der Waals surface area contributed by atoms with Gasteiger partial charge in [0.2, 0.25) is 0 Å². The molecular weight excluding hydrogens is 146 g/mol. The van der Waals surface area contributed by atoms with E-state index in [0.717, 1.165) is 18.8 Å². The maximum Gasteiger partial charge on any atom is 0.0470 e. The van der Waals surface area contributed by atoms with Gasteiger partial charge in [0.05, 0.1) is 0 Å². The van der Waals surface area contributed by atoms with Crippen LogP contribution in [0.15, 0.2) is 0 Å². The van der Waals surface area contributed by atoms with Crippen LogP contribution in [0.5, 0.6) is 0 Å². The first-order valence-corrected chi connectivity index (χ1v) is 4.44. The third-order valence-electron chi connectivity index (χ3n) is 2.23. The second-order valence-electron chi connectivity index (χ2n) is 2.88. The molecule has 1 heterocycles. The van der Waals surface area contributed by atoms with Gasteiger partial charge in [-0.05, 0) is 37.1 Å². The summed E-state index contributed by atoms with van der Waals surface area (Å²) in [4.78, 5) is 0. The van der Waals surface area contributed by atoms with Crippen molar-refractivity contribution in [3.8, 4) is 0 Å². The molecule has 0 aromatic rings. The van der Waals surface area contributed by atoms with Crippen molar-refractivity contribution < 1.29 is 5.11 Å². The van der Waals surface area contributed by atoms with E-state index < -0.39 is 0 Å². The van der Waals surface area contributed by atoms with Gasteiger partial charge in [0.1, 0.15) is 0 Å². The molecule has 0 aromatic heterocycles. The van der Waals surface area contributed by atoms with E-state index >= 15 is 0 Å². The third-order valence-corrected chi connectivity index (χ3v) is 2.70. The molecule has 2 atom stereocenters. The summed E-state index contributed by atoms with van der Waals surface area (Å²) < 4.78 is 0. The Morgan fingerprint density at radius 2 is 2.50 bits per heavy atom. The van der Waals surface area contributed by atoms with Crippen molar-refractivity contribution >= 4 is 12.6 Å². The van der Waals surface area contributed by atoms with Crippen molar-refractivity contribution in [2.24, 2.45) is 11.8 Å². The molecule has 10 heavy (non-hydrogen) atoms. The molecule has 0 bridgehead atoms. The molecule has 2 nitrogen and oxygen atoms in total. The summed E-state index contributed by atoms with van der Waals surface area (Å²) in [5, 5.41) is 12.2. The zero-order chi connectivity index (χ0) is 7.40. The van der Waals surface area contributed by atoms with Gasteiger partial charge >= 0.3 is 0 Å². The Labute approximate surface area is 67.4 Å². The van der Waals surface area contributed by atoms with Crippen LogP contribution in [0.25, 0.3) is 0 Å². The topological polar surface area (TPSA) is 32.3 Å². The summed E-state index contributed by atoms with van der Waals surface area (Å²) in [6.45, 7) is 2.45. The number of hydrogen-bond donors (Lipinski definition) is 3. The minimum atomic E-state index is 0.288. The lowest BCUT2D eigenvalue weighted by Gasteiger charge is -2.17. The molecule has 0 spiro atoms. The summed E-state index contributed by atoms with van der Waals surface area (Å²) in [7, 11) is 0. The maximum absolute atomic E-state index is 8.91. The molecule has 1 aliphatic heterocycles. The first kappa shape index (κ1) is 8.37. The van der Waals surface area contributed by atoms with Crippen LogP contribution in [0.4, 0.5) is 0 Å². The van der Waals surface area contributed by atoms with Gasteiger partial charge < -0.3 is 10.4 Å². The molecule has 3 heteroatoms. The highest BCUT2D eigenvalue weighted by atomic mass is 32.1. The average molecular weight is 161 g/mol. The zero-order valence-electron chi connectivity index (χ0n) is 6.08. The van der Waals surface area contributed by atoms with E-state index in [1.165, 1.54) is 6.42 Å². The molecule has 1 aliphatic rings. The predicted molar refractivity (Wildman–Crippen MR) is 45.4 cm³/mol. The van der Waals surface area contributed by atoms with E-state index in [1.807, 2.05) is 0 Å². The lowest BCUT2D eigenvalue weighted by atomic mass is 9.94. The Bertz CT molecular complexity index is 89.6. The van der Waals surface area contributed by atoms with E-state index in [4.69, 9.17) is 5.11 Å². The highest BCUT2D eigenvalue weighted by molar-refractivity contribution is 7.80. The van der Waals surface area contributed by atoms with E-state index in [0.29, 0.717) is 11.8 Å². The monoisotopic (exact) mass is 161 g/mol. The van der Waals surface area contributed by atoms with Crippen molar-refractivity contribution in [2.45, 2.75) is 6.42 Å². The van der Waals surface area contributed by atoms with Crippen LogP contribution in [0.1, 0.15) is 6.42 Å². The van der Waals surface area contributed by atoms with Crippen molar-refractivity contribution in [1.82, 2.24) is 5.32 Å². The van der Waals surface area contributed by atoms with Crippen LogP contribution >= 0.6 is 12.6 Å². The van der Waals surface area contributed by atoms with Crippen LogP contribution in [-0.4, -0.2) is 30.6 Å². The Kier molecular flexibility index (Phi) is 3.52. The molecule has 1 fully saturated rings. The smallest absolute Gasteiger partial charge is 0.0470 e. The van der Waals surface area contributed by atoms with Gasteiger partial charge in [-0.15, -0.1) is 0 Å². The molecule has 2 unspecified atom stereocenters. The summed E-state index contributed by atoms with van der Waals surface area (Å²) in [6, 6.07) is 0. The Morgan fingerprint density at radius 1 is 1.70 bits per heavy atom. The summed E-state index contributed by atoms with van der Waals surface area (Å²) in [5.41, 5.74) is 0. The molecule has 1 rings (SSSR count). The normalized spacial score (nSPS) is 28.8. The van der Waals surface area contributed by atoms with Gasteiger partial charge in [-0.1, -0.05) is 0 Å². The third kappa shape index (κ3) is 1.87. The van der Waals surface area contributed by atoms with Crippen LogP contribution in [0.3, 0.4) is 0 Å². The van der Waals surface area contributed by atoms with Gasteiger partial charge in [0.25, 0.3) is 0 Å². The van der Waals surface area contributed by atoms with E-state index in [1.54, 1.807) is 0 Å². The molecular formula is C7H15NOS. The first-order valence-electron chi connectivity index (χ1n) is 3.81. The van der Waals surface area contributed by atoms with Crippen molar-refractivity contribution in [2.75, 3.05) is 25.4 Å². The largest absolute Gasteiger partial charge is 0.396 e. The van der Waals surface area contributed by atoms with Crippen LogP contribution in [-0.2, 0) is 0 Å². The fourth-order valence-electron chi connectivity index (χ4n) is 1.44. The molecule has 1 saturated heterocycles. The van der Waals surface area contributed by atoms with Crippen LogP contribution in [0, 0.1) is 11.8 Å². The standard InChI is InChI=1S/C7H15NOS/c9-4-7(5-10)6-1-2-8-3-6/h6-10H,1-5H2. The highest BCUT2D eigenvalue weighted by Gasteiger charge is 2.22. The second-order valence-corrected chi connectivity index (χ2v) is 3.24. The number of thiol groups is 1. The highest BCUT2D eigenvalue weighted by Crippen LogP contribution is 2.19. The molecule has 0 aromatic carbocycles. The predicted octanol–water partition coefficient (Wildman–Crippen LogP) is 0.134. The quantitative estimate of drug-likeness (QED) is 0.514. The van der Waals surface area contributed by atoms with Gasteiger partial charge in [0, 0.05) is 6.61 Å². The molecule has 0 radical (unpaired) electrons. The molecule has 60 valence electrons. The number of aliphatic hydroxyl groups is 1. The van der Waals surface area contributed by atoms with Gasteiger partial charge in [0.15, 0.2) is 0 Å². The van der Waals surface area contributed by atoms with Crippen LogP contribution in [0.2, 0.25) is 0 Å². The first-order chi connectivity index (χ1) is 4.88. The molecule has 2 N–H and O–H groups in total. The Balaban J connectivity index is 2.29.